The second-order valence-electron chi connectivity index (χ2n) is 7.02. The van der Waals surface area contributed by atoms with Gasteiger partial charge in [0.2, 0.25) is 0 Å². The number of hydrogen-bond donors (Lipinski definition) is 1. The van der Waals surface area contributed by atoms with Crippen LogP contribution in [0.2, 0.25) is 0 Å². The van der Waals surface area contributed by atoms with Crippen molar-refractivity contribution in [3.05, 3.63) is 81.1 Å². The molecule has 0 aliphatic carbocycles. The number of hydrogen-bond acceptors (Lipinski definition) is 5. The zero-order valence-electron chi connectivity index (χ0n) is 15.6. The van der Waals surface area contributed by atoms with Gasteiger partial charge in [-0.1, -0.05) is 30.3 Å². The topological polar surface area (TPSA) is 79.0 Å². The summed E-state index contributed by atoms with van der Waals surface area (Å²) < 4.78 is 0.464. The van der Waals surface area contributed by atoms with Gasteiger partial charge in [0.25, 0.3) is 11.5 Å². The summed E-state index contributed by atoms with van der Waals surface area (Å²) in [4.78, 5) is 39.3. The quantitative estimate of drug-likeness (QED) is 0.558. The van der Waals surface area contributed by atoms with E-state index < -0.39 is 0 Å². The third kappa shape index (κ3) is 3.23. The molecule has 1 aromatic carbocycles. The van der Waals surface area contributed by atoms with Crippen LogP contribution in [0.1, 0.15) is 21.5 Å². The highest BCUT2D eigenvalue weighted by molar-refractivity contribution is 7.17. The van der Waals surface area contributed by atoms with Crippen LogP contribution in [0, 0.1) is 0 Å². The van der Waals surface area contributed by atoms with Crippen molar-refractivity contribution in [2.75, 3.05) is 13.1 Å². The Balaban J connectivity index is 1.51. The van der Waals surface area contributed by atoms with E-state index in [2.05, 4.69) is 27.1 Å². The van der Waals surface area contributed by atoms with Crippen LogP contribution >= 0.6 is 11.3 Å². The minimum Gasteiger partial charge on any atom is -0.338 e. The summed E-state index contributed by atoms with van der Waals surface area (Å²) in [6.07, 6.45) is 3.31. The molecule has 0 fully saturated rings. The van der Waals surface area contributed by atoms with Crippen molar-refractivity contribution in [3.63, 3.8) is 0 Å². The predicted molar refractivity (Wildman–Crippen MR) is 113 cm³/mol. The molecule has 1 N–H and O–H groups in total. The Labute approximate surface area is 170 Å². The van der Waals surface area contributed by atoms with Crippen molar-refractivity contribution in [3.8, 4) is 11.5 Å². The monoisotopic (exact) mass is 402 g/mol. The van der Waals surface area contributed by atoms with Crippen LogP contribution in [-0.2, 0) is 12.8 Å². The van der Waals surface area contributed by atoms with Gasteiger partial charge in [-0.3, -0.25) is 14.6 Å². The van der Waals surface area contributed by atoms with Crippen LogP contribution in [0.3, 0.4) is 0 Å². The summed E-state index contributed by atoms with van der Waals surface area (Å²) in [5.74, 6) is 0.299. The Hall–Kier alpha value is -3.32. The fraction of sp³-hybridized carbons (Fsp3) is 0.182. The Kier molecular flexibility index (Phi) is 4.44. The summed E-state index contributed by atoms with van der Waals surface area (Å²) in [7, 11) is 0. The highest BCUT2D eigenvalue weighted by Gasteiger charge is 2.24. The molecule has 0 unspecified atom stereocenters. The van der Waals surface area contributed by atoms with Gasteiger partial charge in [-0.25, -0.2) is 4.98 Å². The molecule has 1 aliphatic heterocycles. The van der Waals surface area contributed by atoms with Gasteiger partial charge in [0.05, 0.1) is 5.56 Å². The number of nitrogens with zero attached hydrogens (tertiary/aromatic N) is 3. The number of nitrogens with one attached hydrogen (secondary N) is 1. The van der Waals surface area contributed by atoms with Crippen LogP contribution in [0.4, 0.5) is 0 Å². The van der Waals surface area contributed by atoms with Gasteiger partial charge in [0.1, 0.15) is 15.9 Å². The van der Waals surface area contributed by atoms with Gasteiger partial charge in [-0.05, 0) is 36.1 Å². The number of aromatic amines is 1. The molecule has 4 heterocycles. The standard InChI is InChI=1S/C22H18N4O2S/c27-21-19-18(24-20(25-21)17-7-3-4-10-23-17)16(13-29-19)22(28)26-11-8-14-5-1-2-6-15(14)9-12-26/h1-7,10,13H,8-9,11-12H2,(H,24,25,27). The Morgan fingerprint density at radius 2 is 1.76 bits per heavy atom. The molecule has 3 aromatic heterocycles. The molecule has 0 spiro atoms. The SMILES string of the molecule is O=C(c1csc2c(=O)[nH]c(-c3ccccn3)nc12)N1CCc2ccccc2CC1. The van der Waals surface area contributed by atoms with Gasteiger partial charge in [0, 0.05) is 24.7 Å². The predicted octanol–water partition coefficient (Wildman–Crippen LogP) is 3.29. The van der Waals surface area contributed by atoms with Crippen LogP contribution in [0.15, 0.2) is 58.8 Å². The highest BCUT2D eigenvalue weighted by atomic mass is 32.1. The zero-order valence-corrected chi connectivity index (χ0v) is 16.4. The van der Waals surface area contributed by atoms with Gasteiger partial charge in [-0.15, -0.1) is 11.3 Å². The molecule has 0 bridgehead atoms. The molecular weight excluding hydrogens is 384 g/mol. The first kappa shape index (κ1) is 17.8. The number of amides is 1. The fourth-order valence-electron chi connectivity index (χ4n) is 3.75. The lowest BCUT2D eigenvalue weighted by Gasteiger charge is -2.19. The van der Waals surface area contributed by atoms with Crippen molar-refractivity contribution in [2.45, 2.75) is 12.8 Å². The maximum Gasteiger partial charge on any atom is 0.269 e. The molecule has 1 aliphatic rings. The maximum atomic E-state index is 13.3. The first-order chi connectivity index (χ1) is 14.2. The number of aromatic nitrogens is 3. The molecular formula is C22H18N4O2S. The third-order valence-electron chi connectivity index (χ3n) is 5.27. The normalized spacial score (nSPS) is 13.9. The van der Waals surface area contributed by atoms with E-state index >= 15 is 0 Å². The minimum absolute atomic E-state index is 0.0749. The van der Waals surface area contributed by atoms with E-state index in [1.165, 1.54) is 22.5 Å². The number of benzene rings is 1. The molecule has 0 atom stereocenters. The van der Waals surface area contributed by atoms with Crippen molar-refractivity contribution in [1.29, 1.82) is 0 Å². The summed E-state index contributed by atoms with van der Waals surface area (Å²) in [5, 5.41) is 1.75. The van der Waals surface area contributed by atoms with E-state index in [0.717, 1.165) is 12.8 Å². The molecule has 1 amide bonds. The maximum absolute atomic E-state index is 13.3. The van der Waals surface area contributed by atoms with Gasteiger partial charge in [-0.2, -0.15) is 0 Å². The molecule has 4 aromatic rings. The van der Waals surface area contributed by atoms with Gasteiger partial charge < -0.3 is 9.88 Å². The Morgan fingerprint density at radius 3 is 2.45 bits per heavy atom. The van der Waals surface area contributed by atoms with Crippen molar-refractivity contribution >= 4 is 27.5 Å². The largest absolute Gasteiger partial charge is 0.338 e. The fourth-order valence-corrected chi connectivity index (χ4v) is 4.62. The Morgan fingerprint density at radius 1 is 1.03 bits per heavy atom. The lowest BCUT2D eigenvalue weighted by Crippen LogP contribution is -2.33. The van der Waals surface area contributed by atoms with E-state index in [9.17, 15) is 9.59 Å². The average Bonchev–Trinajstić information content (AvgIpc) is 3.07. The summed E-state index contributed by atoms with van der Waals surface area (Å²) >= 11 is 1.26. The summed E-state index contributed by atoms with van der Waals surface area (Å²) in [6.45, 7) is 1.31. The number of carbonyl (C=O) groups is 1. The molecule has 29 heavy (non-hydrogen) atoms. The minimum atomic E-state index is -0.247. The molecule has 0 radical (unpaired) electrons. The third-order valence-corrected chi connectivity index (χ3v) is 6.24. The second kappa shape index (κ2) is 7.25. The lowest BCUT2D eigenvalue weighted by atomic mass is 10.0. The molecule has 144 valence electrons. The smallest absolute Gasteiger partial charge is 0.269 e. The van der Waals surface area contributed by atoms with Gasteiger partial charge >= 0.3 is 0 Å². The van der Waals surface area contributed by atoms with Crippen LogP contribution in [-0.4, -0.2) is 38.8 Å². The van der Waals surface area contributed by atoms with E-state index in [1.807, 2.05) is 23.1 Å². The average molecular weight is 402 g/mol. The van der Waals surface area contributed by atoms with Crippen LogP contribution in [0.5, 0.6) is 0 Å². The summed E-state index contributed by atoms with van der Waals surface area (Å²) in [5.41, 5.74) is 3.85. The number of fused-ring (bicyclic) bond motifs is 2. The van der Waals surface area contributed by atoms with E-state index in [0.29, 0.717) is 40.4 Å². The van der Waals surface area contributed by atoms with Crippen molar-refractivity contribution < 1.29 is 4.79 Å². The van der Waals surface area contributed by atoms with E-state index in [1.54, 1.807) is 23.7 Å². The molecule has 5 rings (SSSR count). The summed E-state index contributed by atoms with van der Waals surface area (Å²) in [6, 6.07) is 13.8. The van der Waals surface area contributed by atoms with Crippen molar-refractivity contribution in [2.24, 2.45) is 0 Å². The number of rotatable bonds is 2. The highest BCUT2D eigenvalue weighted by Crippen LogP contribution is 2.25. The van der Waals surface area contributed by atoms with Gasteiger partial charge in [0.15, 0.2) is 5.82 Å². The first-order valence-corrected chi connectivity index (χ1v) is 10.4. The first-order valence-electron chi connectivity index (χ1n) is 9.49. The zero-order chi connectivity index (χ0) is 19.8. The number of carbonyl (C=O) groups excluding carboxylic acids is 1. The number of pyridine rings is 1. The number of thiophene rings is 1. The molecule has 0 saturated heterocycles. The molecule has 0 saturated carbocycles. The van der Waals surface area contributed by atoms with E-state index in [4.69, 9.17) is 0 Å². The molecule has 7 heteroatoms. The number of H-pyrrole nitrogens is 1. The molecule has 6 nitrogen and oxygen atoms in total. The van der Waals surface area contributed by atoms with Crippen molar-refractivity contribution in [1.82, 2.24) is 19.9 Å². The Bertz CT molecular complexity index is 1240. The lowest BCUT2D eigenvalue weighted by molar-refractivity contribution is 0.0765. The second-order valence-corrected chi connectivity index (χ2v) is 7.90. The van der Waals surface area contributed by atoms with Crippen LogP contribution < -0.4 is 5.56 Å². The van der Waals surface area contributed by atoms with Crippen LogP contribution in [0.25, 0.3) is 21.7 Å². The van der Waals surface area contributed by atoms with E-state index in [-0.39, 0.29) is 11.5 Å².